The van der Waals surface area contributed by atoms with Crippen LogP contribution in [0.4, 0.5) is 0 Å². The van der Waals surface area contributed by atoms with Crippen LogP contribution in [0, 0.1) is 0 Å². The zero-order valence-corrected chi connectivity index (χ0v) is 20.5. The molecule has 3 aromatic rings. The molecule has 0 saturated heterocycles. The number of hydrazine groups is 1. The van der Waals surface area contributed by atoms with E-state index >= 15 is 0 Å². The highest BCUT2D eigenvalue weighted by atomic mass is 16.5. The molecule has 1 aliphatic heterocycles. The van der Waals surface area contributed by atoms with Gasteiger partial charge in [-0.05, 0) is 41.8 Å². The summed E-state index contributed by atoms with van der Waals surface area (Å²) < 4.78 is 12.1. The van der Waals surface area contributed by atoms with Crippen molar-refractivity contribution in [3.63, 3.8) is 0 Å². The highest BCUT2D eigenvalue weighted by Crippen LogP contribution is 2.42. The molecule has 2 atom stereocenters. The average Bonchev–Trinajstić information content (AvgIpc) is 3.31. The summed E-state index contributed by atoms with van der Waals surface area (Å²) in [7, 11) is 0. The number of aliphatic imine (C=N–C) groups is 1. The highest BCUT2D eigenvalue weighted by molar-refractivity contribution is 6.01. The van der Waals surface area contributed by atoms with Gasteiger partial charge in [0.2, 0.25) is 5.90 Å². The molecule has 7 heteroatoms. The van der Waals surface area contributed by atoms with E-state index < -0.39 is 11.6 Å². The van der Waals surface area contributed by atoms with Gasteiger partial charge in [0.25, 0.3) is 5.91 Å². The smallest absolute Gasteiger partial charge is 0.266 e. The molecule has 0 bridgehead atoms. The predicted octanol–water partition coefficient (Wildman–Crippen LogP) is 3.98. The van der Waals surface area contributed by atoms with Crippen molar-refractivity contribution in [2.24, 2.45) is 4.99 Å². The molecule has 0 spiro atoms. The number of amides is 1. The van der Waals surface area contributed by atoms with E-state index in [1.165, 1.54) is 0 Å². The Morgan fingerprint density at radius 3 is 2.39 bits per heavy atom. The lowest BCUT2D eigenvalue weighted by atomic mass is 9.82. The second kappa shape index (κ2) is 12.3. The van der Waals surface area contributed by atoms with Gasteiger partial charge in [0.1, 0.15) is 5.75 Å². The molecular weight excluding hydrogens is 454 g/mol. The number of hydrogen-bond acceptors (Lipinski definition) is 6. The summed E-state index contributed by atoms with van der Waals surface area (Å²) in [6, 6.07) is 27.1. The van der Waals surface area contributed by atoms with Crippen molar-refractivity contribution in [2.45, 2.75) is 37.8 Å². The third-order valence-electron chi connectivity index (χ3n) is 6.03. The fourth-order valence-corrected chi connectivity index (χ4v) is 4.19. The summed E-state index contributed by atoms with van der Waals surface area (Å²) in [5, 5.41) is 8.97. The predicted molar refractivity (Wildman–Crippen MR) is 140 cm³/mol. The van der Waals surface area contributed by atoms with Crippen LogP contribution in [0.5, 0.6) is 5.75 Å². The van der Waals surface area contributed by atoms with Crippen LogP contribution >= 0.6 is 0 Å². The summed E-state index contributed by atoms with van der Waals surface area (Å²) >= 11 is 0. The van der Waals surface area contributed by atoms with Gasteiger partial charge in [-0.25, -0.2) is 10.4 Å². The monoisotopic (exact) mass is 487 g/mol. The fraction of sp³-hybridized carbons (Fsp3) is 0.310. The third kappa shape index (κ3) is 5.93. The van der Waals surface area contributed by atoms with Crippen molar-refractivity contribution < 1.29 is 19.4 Å². The summed E-state index contributed by atoms with van der Waals surface area (Å²) in [5.41, 5.74) is 7.32. The Labute approximate surface area is 212 Å². The van der Waals surface area contributed by atoms with E-state index in [0.717, 1.165) is 23.1 Å². The Kier molecular flexibility index (Phi) is 8.71. The Bertz CT molecular complexity index is 1140. The maximum Gasteiger partial charge on any atom is 0.266 e. The topological polar surface area (TPSA) is 92.2 Å². The van der Waals surface area contributed by atoms with Crippen LogP contribution in [0.3, 0.4) is 0 Å². The number of carbonyl (C=O) groups is 1. The first-order valence-corrected chi connectivity index (χ1v) is 12.4. The number of nitrogens with zero attached hydrogens (tertiary/aromatic N) is 1. The fourth-order valence-electron chi connectivity index (χ4n) is 4.19. The Balaban J connectivity index is 1.72. The number of nitrogens with one attached hydrogen (secondary N) is 2. The molecule has 4 rings (SSSR count). The first-order valence-electron chi connectivity index (χ1n) is 12.4. The summed E-state index contributed by atoms with van der Waals surface area (Å²) in [5.74, 6) is 0.863. The first kappa shape index (κ1) is 25.4. The van der Waals surface area contributed by atoms with Crippen molar-refractivity contribution in [3.05, 3.63) is 102 Å². The van der Waals surface area contributed by atoms with E-state index in [1.807, 2.05) is 91.9 Å². The van der Waals surface area contributed by atoms with E-state index in [-0.39, 0.29) is 12.5 Å². The van der Waals surface area contributed by atoms with E-state index in [9.17, 15) is 4.79 Å². The molecule has 1 aliphatic rings. The molecule has 0 aliphatic carbocycles. The summed E-state index contributed by atoms with van der Waals surface area (Å²) in [4.78, 5) is 18.8. The molecule has 0 radical (unpaired) electrons. The van der Waals surface area contributed by atoms with Gasteiger partial charge in [-0.15, -0.1) is 0 Å². The molecular formula is C29H33N3O4. The second-order valence-corrected chi connectivity index (χ2v) is 8.74. The van der Waals surface area contributed by atoms with Crippen LogP contribution < -0.4 is 15.6 Å². The lowest BCUT2D eigenvalue weighted by Crippen LogP contribution is -2.54. The average molecular weight is 488 g/mol. The van der Waals surface area contributed by atoms with Gasteiger partial charge in [0, 0.05) is 31.6 Å². The number of hydrogen-bond donors (Lipinski definition) is 3. The minimum absolute atomic E-state index is 0.0856. The molecule has 0 aromatic heterocycles. The maximum atomic E-state index is 13.8. The largest absolute Gasteiger partial charge is 0.494 e. The van der Waals surface area contributed by atoms with Gasteiger partial charge in [-0.1, -0.05) is 67.6 Å². The number of aliphatic hydroxyl groups excluding tert-OH is 1. The number of benzene rings is 3. The first-order chi connectivity index (χ1) is 17.7. The van der Waals surface area contributed by atoms with Crippen LogP contribution in [0.1, 0.15) is 42.6 Å². The third-order valence-corrected chi connectivity index (χ3v) is 6.03. The quantitative estimate of drug-likeness (QED) is 0.266. The number of carbonyl (C=O) groups excluding carboxylic acids is 1. The number of rotatable bonds is 12. The van der Waals surface area contributed by atoms with E-state index in [2.05, 4.69) is 10.9 Å². The van der Waals surface area contributed by atoms with Crippen LogP contribution in [0.2, 0.25) is 0 Å². The minimum Gasteiger partial charge on any atom is -0.494 e. The summed E-state index contributed by atoms with van der Waals surface area (Å²) in [6.07, 6.45) is 1.21. The molecule has 36 heavy (non-hydrogen) atoms. The molecule has 7 nitrogen and oxygen atoms in total. The van der Waals surface area contributed by atoms with Crippen LogP contribution in [-0.2, 0) is 16.0 Å². The summed E-state index contributed by atoms with van der Waals surface area (Å²) in [6.45, 7) is 3.22. The van der Waals surface area contributed by atoms with Crippen molar-refractivity contribution in [2.75, 3.05) is 19.8 Å². The standard InChI is InChI=1S/C29H33N3O4/c1-2-18-30-32-28(34)29(21-22-10-5-3-6-11-22)26(23-12-7-4-8-13-23)36-27(31-29)24-14-16-25(17-15-24)35-20-9-19-33/h3-8,10-17,26,30,33H,2,9,18-21H2,1H3,(H,32,34)/t26-,29-/m0/s1. The SMILES string of the molecule is CCCNNC(=O)[C@@]1(Cc2ccccc2)N=C(c2ccc(OCCCO)cc2)O[C@H]1c1ccccc1. The van der Waals surface area contributed by atoms with Gasteiger partial charge in [-0.3, -0.25) is 10.2 Å². The number of ether oxygens (including phenoxy) is 2. The van der Waals surface area contributed by atoms with E-state index in [0.29, 0.717) is 37.6 Å². The van der Waals surface area contributed by atoms with E-state index in [1.54, 1.807) is 0 Å². The van der Waals surface area contributed by atoms with Crippen molar-refractivity contribution >= 4 is 11.8 Å². The molecule has 1 heterocycles. The highest BCUT2D eigenvalue weighted by Gasteiger charge is 2.53. The van der Waals surface area contributed by atoms with Crippen molar-refractivity contribution in [3.8, 4) is 5.75 Å². The molecule has 0 saturated carbocycles. The van der Waals surface area contributed by atoms with Crippen LogP contribution in [0.25, 0.3) is 0 Å². The molecule has 0 unspecified atom stereocenters. The van der Waals surface area contributed by atoms with Crippen molar-refractivity contribution in [1.29, 1.82) is 0 Å². The van der Waals surface area contributed by atoms with Gasteiger partial charge < -0.3 is 14.6 Å². The zero-order chi connectivity index (χ0) is 25.2. The van der Waals surface area contributed by atoms with E-state index in [4.69, 9.17) is 19.6 Å². The van der Waals surface area contributed by atoms with Gasteiger partial charge in [-0.2, -0.15) is 0 Å². The normalized spacial score (nSPS) is 18.8. The van der Waals surface area contributed by atoms with Gasteiger partial charge >= 0.3 is 0 Å². The lowest BCUT2D eigenvalue weighted by molar-refractivity contribution is -0.130. The van der Waals surface area contributed by atoms with Crippen LogP contribution in [0.15, 0.2) is 89.9 Å². The Morgan fingerprint density at radius 2 is 1.72 bits per heavy atom. The minimum atomic E-state index is -1.21. The van der Waals surface area contributed by atoms with Crippen molar-refractivity contribution in [1.82, 2.24) is 10.9 Å². The zero-order valence-electron chi connectivity index (χ0n) is 20.5. The maximum absolute atomic E-state index is 13.8. The van der Waals surface area contributed by atoms with Crippen LogP contribution in [-0.4, -0.2) is 42.2 Å². The number of aliphatic hydroxyl groups is 1. The van der Waals surface area contributed by atoms with Gasteiger partial charge in [0.05, 0.1) is 6.61 Å². The van der Waals surface area contributed by atoms with Gasteiger partial charge in [0.15, 0.2) is 11.6 Å². The molecule has 188 valence electrons. The Morgan fingerprint density at radius 1 is 1.03 bits per heavy atom. The Hall–Kier alpha value is -3.68. The second-order valence-electron chi connectivity index (χ2n) is 8.74. The molecule has 1 amide bonds. The molecule has 0 fully saturated rings. The molecule has 3 N–H and O–H groups in total. The molecule has 3 aromatic carbocycles. The lowest BCUT2D eigenvalue weighted by Gasteiger charge is -2.30.